The van der Waals surface area contributed by atoms with Crippen LogP contribution in [0.1, 0.15) is 6.42 Å². The Hall–Kier alpha value is 0.350. The molecule has 0 aromatic carbocycles. The van der Waals surface area contributed by atoms with Crippen LogP contribution in [-0.2, 0) is 0 Å². The lowest BCUT2D eigenvalue weighted by Crippen LogP contribution is -2.45. The lowest BCUT2D eigenvalue weighted by molar-refractivity contribution is -0.0105. The van der Waals surface area contributed by atoms with Crippen molar-refractivity contribution in [2.45, 2.75) is 12.8 Å². The number of nitrogens with zero attached hydrogens (tertiary/aromatic N) is 1. The van der Waals surface area contributed by atoms with Crippen molar-refractivity contribution < 1.29 is 5.11 Å². The molecule has 1 rings (SSSR count). The van der Waals surface area contributed by atoms with Gasteiger partial charge in [-0.1, -0.05) is 6.08 Å². The van der Waals surface area contributed by atoms with Gasteiger partial charge in [0.1, 0.15) is 0 Å². The molecule has 1 heterocycles. The lowest BCUT2D eigenvalue weighted by Gasteiger charge is -2.28. The van der Waals surface area contributed by atoms with Crippen LogP contribution in [-0.4, -0.2) is 36.5 Å². The Morgan fingerprint density at radius 1 is 1.82 bits per heavy atom. The molecule has 1 aliphatic heterocycles. The van der Waals surface area contributed by atoms with E-state index in [9.17, 15) is 5.11 Å². The average Bonchev–Trinajstić information content (AvgIpc) is 2.05. The molecule has 1 aliphatic rings. The van der Waals surface area contributed by atoms with Crippen LogP contribution in [0, 0.1) is 0 Å². The van der Waals surface area contributed by atoms with Crippen LogP contribution < -0.4 is 5.32 Å². The third kappa shape index (κ3) is 2.70. The topological polar surface area (TPSA) is 35.5 Å². The lowest BCUT2D eigenvalue weighted by atomic mass is 10.2. The van der Waals surface area contributed by atoms with Gasteiger partial charge < -0.3 is 5.11 Å². The fourth-order valence-corrected chi connectivity index (χ4v) is 1.50. The zero-order valence-electron chi connectivity index (χ0n) is 6.55. The van der Waals surface area contributed by atoms with E-state index in [2.05, 4.69) is 34.0 Å². The van der Waals surface area contributed by atoms with E-state index in [1.807, 2.05) is 4.90 Å². The average molecular weight is 268 g/mol. The van der Waals surface area contributed by atoms with Crippen molar-refractivity contribution in [3.05, 3.63) is 9.66 Å². The molecule has 0 spiro atoms. The fourth-order valence-electron chi connectivity index (χ4n) is 1.06. The molecule has 0 aromatic heterocycles. The molecule has 0 saturated heterocycles. The van der Waals surface area contributed by atoms with Crippen LogP contribution >= 0.6 is 22.6 Å². The summed E-state index contributed by atoms with van der Waals surface area (Å²) in [4.78, 5) is 1.99. The van der Waals surface area contributed by atoms with Crippen molar-refractivity contribution in [2.75, 3.05) is 20.1 Å². The van der Waals surface area contributed by atoms with E-state index in [1.54, 1.807) is 7.05 Å². The van der Waals surface area contributed by atoms with Gasteiger partial charge in [0, 0.05) is 13.1 Å². The highest BCUT2D eigenvalue weighted by molar-refractivity contribution is 14.1. The van der Waals surface area contributed by atoms with E-state index < -0.39 is 6.35 Å². The molecule has 0 bridgehead atoms. The standard InChI is InChI=1S/C7H13IN2O/c1-9-7(11)10-4-2-6(8)3-5-10/h2,7,9,11H,3-5H2,1H3. The summed E-state index contributed by atoms with van der Waals surface area (Å²) in [6.45, 7) is 1.79. The van der Waals surface area contributed by atoms with Gasteiger partial charge in [-0.2, -0.15) is 0 Å². The van der Waals surface area contributed by atoms with Crippen molar-refractivity contribution in [3.8, 4) is 0 Å². The predicted molar refractivity (Wildman–Crippen MR) is 53.4 cm³/mol. The van der Waals surface area contributed by atoms with Crippen LogP contribution in [0.25, 0.3) is 0 Å². The zero-order chi connectivity index (χ0) is 8.27. The summed E-state index contributed by atoms with van der Waals surface area (Å²) in [5.41, 5.74) is 0. The number of aliphatic hydroxyl groups is 1. The first-order chi connectivity index (χ1) is 5.24. The minimum absolute atomic E-state index is 0.490. The number of nitrogens with one attached hydrogen (secondary N) is 1. The molecular formula is C7H13IN2O. The van der Waals surface area contributed by atoms with Crippen LogP contribution in [0.5, 0.6) is 0 Å². The Balaban J connectivity index is 2.40. The molecule has 0 fully saturated rings. The first kappa shape index (κ1) is 9.44. The van der Waals surface area contributed by atoms with Crippen molar-refractivity contribution in [2.24, 2.45) is 0 Å². The highest BCUT2D eigenvalue weighted by atomic mass is 127. The van der Waals surface area contributed by atoms with Gasteiger partial charge in [0.15, 0.2) is 6.35 Å². The summed E-state index contributed by atoms with van der Waals surface area (Å²) in [5.74, 6) is 0. The second-order valence-electron chi connectivity index (χ2n) is 2.56. The van der Waals surface area contributed by atoms with Crippen molar-refractivity contribution >= 4 is 22.6 Å². The van der Waals surface area contributed by atoms with E-state index in [-0.39, 0.29) is 0 Å². The molecule has 0 radical (unpaired) electrons. The predicted octanol–water partition coefficient (Wildman–Crippen LogP) is 0.506. The molecule has 0 saturated carbocycles. The largest absolute Gasteiger partial charge is 0.365 e. The summed E-state index contributed by atoms with van der Waals surface area (Å²) < 4.78 is 1.39. The minimum atomic E-state index is -0.490. The molecule has 2 N–H and O–H groups in total. The minimum Gasteiger partial charge on any atom is -0.365 e. The van der Waals surface area contributed by atoms with Gasteiger partial charge in [-0.05, 0) is 39.6 Å². The maximum atomic E-state index is 9.35. The molecule has 0 aliphatic carbocycles. The number of hydrogen-bond donors (Lipinski definition) is 2. The van der Waals surface area contributed by atoms with Gasteiger partial charge in [0.2, 0.25) is 0 Å². The third-order valence-corrected chi connectivity index (χ3v) is 2.77. The van der Waals surface area contributed by atoms with Gasteiger partial charge in [-0.3, -0.25) is 10.2 Å². The molecule has 0 aromatic rings. The molecule has 1 unspecified atom stereocenters. The van der Waals surface area contributed by atoms with Crippen molar-refractivity contribution in [1.82, 2.24) is 10.2 Å². The fraction of sp³-hybridized carbons (Fsp3) is 0.714. The van der Waals surface area contributed by atoms with E-state index in [0.717, 1.165) is 19.5 Å². The van der Waals surface area contributed by atoms with Crippen molar-refractivity contribution in [1.29, 1.82) is 0 Å². The Bertz CT molecular complexity index is 161. The SMILES string of the molecule is CNC(O)N1CC=C(I)CC1. The van der Waals surface area contributed by atoms with Gasteiger partial charge in [0.05, 0.1) is 0 Å². The number of rotatable bonds is 2. The Kier molecular flexibility index (Phi) is 3.77. The van der Waals surface area contributed by atoms with Crippen LogP contribution in [0.3, 0.4) is 0 Å². The molecule has 64 valence electrons. The maximum Gasteiger partial charge on any atom is 0.163 e. The molecule has 3 nitrogen and oxygen atoms in total. The first-order valence-electron chi connectivity index (χ1n) is 3.68. The molecule has 0 amide bonds. The van der Waals surface area contributed by atoms with Crippen LogP contribution in [0.4, 0.5) is 0 Å². The summed E-state index contributed by atoms with van der Waals surface area (Å²) in [6, 6.07) is 0. The van der Waals surface area contributed by atoms with E-state index in [0.29, 0.717) is 0 Å². The third-order valence-electron chi connectivity index (χ3n) is 1.79. The summed E-state index contributed by atoms with van der Waals surface area (Å²) in [5, 5.41) is 12.2. The second kappa shape index (κ2) is 4.39. The number of halogens is 1. The molecule has 11 heavy (non-hydrogen) atoms. The summed E-state index contributed by atoms with van der Waals surface area (Å²) in [7, 11) is 1.76. The van der Waals surface area contributed by atoms with E-state index >= 15 is 0 Å². The van der Waals surface area contributed by atoms with Gasteiger partial charge >= 0.3 is 0 Å². The Morgan fingerprint density at radius 3 is 3.00 bits per heavy atom. The summed E-state index contributed by atoms with van der Waals surface area (Å²) >= 11 is 2.33. The molecule has 1 atom stereocenters. The Labute approximate surface area is 80.6 Å². The second-order valence-corrected chi connectivity index (χ2v) is 3.94. The Morgan fingerprint density at radius 2 is 2.55 bits per heavy atom. The van der Waals surface area contributed by atoms with Crippen molar-refractivity contribution in [3.63, 3.8) is 0 Å². The highest BCUT2D eigenvalue weighted by Gasteiger charge is 2.15. The smallest absolute Gasteiger partial charge is 0.163 e. The number of aliphatic hydroxyl groups excluding tert-OH is 1. The van der Waals surface area contributed by atoms with E-state index in [4.69, 9.17) is 0 Å². The van der Waals surface area contributed by atoms with Crippen LogP contribution in [0.15, 0.2) is 9.66 Å². The zero-order valence-corrected chi connectivity index (χ0v) is 8.71. The van der Waals surface area contributed by atoms with Gasteiger partial charge in [-0.25, -0.2) is 0 Å². The summed E-state index contributed by atoms with van der Waals surface area (Å²) in [6.07, 6.45) is 2.71. The first-order valence-corrected chi connectivity index (χ1v) is 4.76. The van der Waals surface area contributed by atoms with Crippen LogP contribution in [0.2, 0.25) is 0 Å². The van der Waals surface area contributed by atoms with Gasteiger partial charge in [-0.15, -0.1) is 0 Å². The number of hydrogen-bond acceptors (Lipinski definition) is 3. The molecular weight excluding hydrogens is 255 g/mol. The molecule has 4 heteroatoms. The van der Waals surface area contributed by atoms with Gasteiger partial charge in [0.25, 0.3) is 0 Å². The normalized spacial score (nSPS) is 23.0. The monoisotopic (exact) mass is 268 g/mol. The van der Waals surface area contributed by atoms with E-state index in [1.165, 1.54) is 3.58 Å². The highest BCUT2D eigenvalue weighted by Crippen LogP contribution is 2.16. The maximum absolute atomic E-state index is 9.35. The quantitative estimate of drug-likeness (QED) is 0.565.